The molecule has 6 aliphatic rings. The second kappa shape index (κ2) is 8.61. The molecule has 0 aromatic heterocycles. The first-order chi connectivity index (χ1) is 17.0. The Morgan fingerprint density at radius 3 is 2.39 bits per heavy atom. The molecule has 4 bridgehead atoms. The van der Waals surface area contributed by atoms with E-state index in [0.717, 1.165) is 50.5 Å². The number of ether oxygens (including phenoxy) is 2. The van der Waals surface area contributed by atoms with Gasteiger partial charge in [0.25, 0.3) is 5.91 Å². The first-order valence-electron chi connectivity index (χ1n) is 13.7. The van der Waals surface area contributed by atoms with Crippen molar-refractivity contribution in [2.75, 3.05) is 6.54 Å². The first kappa shape index (κ1) is 24.5. The van der Waals surface area contributed by atoms with Crippen molar-refractivity contribution in [3.8, 4) is 5.75 Å². The molecule has 1 amide bonds. The highest BCUT2D eigenvalue weighted by Crippen LogP contribution is 2.59. The van der Waals surface area contributed by atoms with E-state index in [1.165, 1.54) is 11.0 Å². The van der Waals surface area contributed by atoms with Crippen LogP contribution in [0.3, 0.4) is 0 Å². The maximum Gasteiger partial charge on any atom is 0.329 e. The lowest BCUT2D eigenvalue weighted by Gasteiger charge is -2.57. The van der Waals surface area contributed by atoms with E-state index in [-0.39, 0.29) is 16.5 Å². The standard InChI is InChI=1S/C29H37ClFNO4/c1-28(2,3)36-27(34)23-5-4-8-32(23)26(33)21-11-20(17-6-7-17)24(12-22(21)31)35-25-18-9-16-10-19(25)15-29(30,13-16)14-18/h11-12,16-19,23,25H,4-10,13-15H2,1-3H3/t16?,18-,19-,23-,25?,29?/m0/s1. The van der Waals surface area contributed by atoms with Gasteiger partial charge in [0.2, 0.25) is 0 Å². The molecule has 7 rings (SSSR count). The molecule has 0 spiro atoms. The Morgan fingerprint density at radius 2 is 1.78 bits per heavy atom. The lowest BCUT2D eigenvalue weighted by molar-refractivity contribution is -0.159. The number of benzene rings is 1. The summed E-state index contributed by atoms with van der Waals surface area (Å²) in [4.78, 5) is 27.7. The third-order valence-electron chi connectivity index (χ3n) is 8.91. The molecule has 0 unspecified atom stereocenters. The van der Waals surface area contributed by atoms with Gasteiger partial charge in [0.05, 0.1) is 5.56 Å². The van der Waals surface area contributed by atoms with Crippen LogP contribution in [-0.4, -0.2) is 45.9 Å². The van der Waals surface area contributed by atoms with Gasteiger partial charge in [0.15, 0.2) is 0 Å². The predicted octanol–water partition coefficient (Wildman–Crippen LogP) is 6.21. The van der Waals surface area contributed by atoms with Crippen LogP contribution >= 0.6 is 11.6 Å². The maximum absolute atomic E-state index is 15.5. The lowest BCUT2D eigenvalue weighted by Crippen LogP contribution is -2.56. The SMILES string of the molecule is CC(C)(C)OC(=O)[C@@H]1CCCN1C(=O)c1cc(C2CC2)c(OC2[C@H]3CC4C[C@H]2CC(Cl)(C4)C3)cc1F. The molecule has 1 aliphatic heterocycles. The van der Waals surface area contributed by atoms with Crippen molar-refractivity contribution in [1.29, 1.82) is 0 Å². The summed E-state index contributed by atoms with van der Waals surface area (Å²) < 4.78 is 27.7. The summed E-state index contributed by atoms with van der Waals surface area (Å²) in [7, 11) is 0. The lowest BCUT2D eigenvalue weighted by atomic mass is 9.54. The number of halogens is 2. The van der Waals surface area contributed by atoms with Gasteiger partial charge in [0.1, 0.15) is 29.3 Å². The molecular weight excluding hydrogens is 481 g/mol. The van der Waals surface area contributed by atoms with Crippen molar-refractivity contribution in [1.82, 2.24) is 4.90 Å². The van der Waals surface area contributed by atoms with Gasteiger partial charge in [-0.1, -0.05) is 0 Å². The van der Waals surface area contributed by atoms with E-state index in [4.69, 9.17) is 21.1 Å². The smallest absolute Gasteiger partial charge is 0.329 e. The largest absolute Gasteiger partial charge is 0.489 e. The van der Waals surface area contributed by atoms with Gasteiger partial charge in [0, 0.05) is 17.5 Å². The molecule has 0 N–H and O–H groups in total. The molecule has 0 radical (unpaired) electrons. The van der Waals surface area contributed by atoms with Gasteiger partial charge < -0.3 is 14.4 Å². The molecule has 1 heterocycles. The minimum atomic E-state index is -0.674. The fourth-order valence-corrected chi connectivity index (χ4v) is 8.16. The van der Waals surface area contributed by atoms with Crippen LogP contribution in [0.1, 0.15) is 100 Å². The molecule has 36 heavy (non-hydrogen) atoms. The zero-order chi connectivity index (χ0) is 25.4. The van der Waals surface area contributed by atoms with E-state index in [9.17, 15) is 9.59 Å². The summed E-state index contributed by atoms with van der Waals surface area (Å²) in [6.45, 7) is 5.85. The number of carbonyl (C=O) groups excluding carboxylic acids is 2. The van der Waals surface area contributed by atoms with Gasteiger partial charge >= 0.3 is 5.97 Å². The summed E-state index contributed by atoms with van der Waals surface area (Å²) >= 11 is 6.91. The molecule has 6 fully saturated rings. The molecule has 1 aromatic rings. The van der Waals surface area contributed by atoms with Gasteiger partial charge in [-0.15, -0.1) is 11.6 Å². The number of carbonyl (C=O) groups is 2. The minimum Gasteiger partial charge on any atom is -0.489 e. The van der Waals surface area contributed by atoms with Crippen molar-refractivity contribution in [3.05, 3.63) is 29.1 Å². The summed E-state index contributed by atoms with van der Waals surface area (Å²) in [5.41, 5.74) is 0.324. The molecule has 7 heteroatoms. The van der Waals surface area contributed by atoms with Crippen LogP contribution in [0, 0.1) is 23.6 Å². The summed E-state index contributed by atoms with van der Waals surface area (Å²) in [5.74, 6) is 0.989. The Bertz CT molecular complexity index is 1060. The van der Waals surface area contributed by atoms with Gasteiger partial charge in [-0.25, -0.2) is 9.18 Å². The Kier molecular flexibility index (Phi) is 5.86. The van der Waals surface area contributed by atoms with Crippen LogP contribution in [0.2, 0.25) is 0 Å². The van der Waals surface area contributed by atoms with Crippen molar-refractivity contribution in [3.63, 3.8) is 0 Å². The molecule has 3 atom stereocenters. The quantitative estimate of drug-likeness (QED) is 0.344. The van der Waals surface area contributed by atoms with E-state index < -0.39 is 29.3 Å². The van der Waals surface area contributed by atoms with Crippen LogP contribution in [0.25, 0.3) is 0 Å². The third kappa shape index (κ3) is 4.52. The zero-order valence-electron chi connectivity index (χ0n) is 21.5. The van der Waals surface area contributed by atoms with Gasteiger partial charge in [-0.05, 0) is 114 Å². The fraction of sp³-hybridized carbons (Fsp3) is 0.724. The first-order valence-corrected chi connectivity index (χ1v) is 14.1. The Balaban J connectivity index is 1.25. The molecule has 5 saturated carbocycles. The summed E-state index contributed by atoms with van der Waals surface area (Å²) in [6.07, 6.45) is 8.71. The normalized spacial score (nSPS) is 35.2. The average Bonchev–Trinajstić information content (AvgIpc) is 3.48. The third-order valence-corrected chi connectivity index (χ3v) is 9.38. The van der Waals surface area contributed by atoms with Crippen molar-refractivity contribution in [2.24, 2.45) is 17.8 Å². The van der Waals surface area contributed by atoms with Crippen LogP contribution < -0.4 is 4.74 Å². The molecule has 196 valence electrons. The average molecular weight is 518 g/mol. The molecule has 1 saturated heterocycles. The van der Waals surface area contributed by atoms with Crippen molar-refractivity contribution >= 4 is 23.5 Å². The molecular formula is C29H37ClFNO4. The fourth-order valence-electron chi connectivity index (χ4n) is 7.55. The molecule has 5 nitrogen and oxygen atoms in total. The van der Waals surface area contributed by atoms with E-state index in [0.29, 0.717) is 48.8 Å². The maximum atomic E-state index is 15.5. The summed E-state index contributed by atoms with van der Waals surface area (Å²) in [5, 5.41) is 0. The molecule has 1 aromatic carbocycles. The number of hydrogen-bond donors (Lipinski definition) is 0. The van der Waals surface area contributed by atoms with Crippen LogP contribution in [0.5, 0.6) is 5.75 Å². The van der Waals surface area contributed by atoms with Crippen LogP contribution in [-0.2, 0) is 9.53 Å². The second-order valence-corrected chi connectivity index (χ2v) is 13.8. The Hall–Kier alpha value is -1.82. The number of esters is 1. The minimum absolute atomic E-state index is 0.0319. The highest BCUT2D eigenvalue weighted by molar-refractivity contribution is 6.24. The number of likely N-dealkylation sites (tertiary alicyclic amines) is 1. The Morgan fingerprint density at radius 1 is 1.08 bits per heavy atom. The topological polar surface area (TPSA) is 55.8 Å². The van der Waals surface area contributed by atoms with Crippen molar-refractivity contribution < 1.29 is 23.5 Å². The second-order valence-electron chi connectivity index (χ2n) is 13.0. The van der Waals surface area contributed by atoms with E-state index >= 15 is 4.39 Å². The van der Waals surface area contributed by atoms with Crippen molar-refractivity contribution in [2.45, 2.75) is 107 Å². The monoisotopic (exact) mass is 517 g/mol. The zero-order valence-corrected chi connectivity index (χ0v) is 22.3. The molecule has 5 aliphatic carbocycles. The number of alkyl halides is 1. The predicted molar refractivity (Wildman–Crippen MR) is 135 cm³/mol. The van der Waals surface area contributed by atoms with Gasteiger partial charge in [-0.3, -0.25) is 4.79 Å². The summed E-state index contributed by atoms with van der Waals surface area (Å²) in [6, 6.07) is 2.46. The highest BCUT2D eigenvalue weighted by Gasteiger charge is 2.56. The van der Waals surface area contributed by atoms with E-state index in [1.807, 2.05) is 20.8 Å². The van der Waals surface area contributed by atoms with E-state index in [2.05, 4.69) is 0 Å². The number of amides is 1. The van der Waals surface area contributed by atoms with E-state index in [1.54, 1.807) is 6.07 Å². The Labute approximate surface area is 218 Å². The number of hydrogen-bond acceptors (Lipinski definition) is 4. The number of rotatable bonds is 5. The number of nitrogens with zero attached hydrogens (tertiary/aromatic N) is 1. The highest BCUT2D eigenvalue weighted by atomic mass is 35.5. The van der Waals surface area contributed by atoms with Crippen LogP contribution in [0.15, 0.2) is 12.1 Å². The van der Waals surface area contributed by atoms with Crippen LogP contribution in [0.4, 0.5) is 4.39 Å². The van der Waals surface area contributed by atoms with Gasteiger partial charge in [-0.2, -0.15) is 0 Å².